The van der Waals surface area contributed by atoms with Gasteiger partial charge in [-0.3, -0.25) is 9.52 Å². The van der Waals surface area contributed by atoms with Crippen LogP contribution in [0.1, 0.15) is 13.8 Å². The van der Waals surface area contributed by atoms with Crippen molar-refractivity contribution in [1.29, 1.82) is 0 Å². The first-order chi connectivity index (χ1) is 14.4. The minimum atomic E-state index is -3.95. The van der Waals surface area contributed by atoms with E-state index in [1.54, 1.807) is 43.3 Å². The molecule has 156 valence electrons. The lowest BCUT2D eigenvalue weighted by Crippen LogP contribution is -2.15. The topological polar surface area (TPSA) is 93.7 Å². The van der Waals surface area contributed by atoms with E-state index in [1.807, 2.05) is 18.2 Å². The van der Waals surface area contributed by atoms with Gasteiger partial charge in [0.25, 0.3) is 10.0 Å². The number of hydrogen-bond acceptors (Lipinski definition) is 5. The molecule has 30 heavy (non-hydrogen) atoms. The molecule has 0 saturated carbocycles. The van der Waals surface area contributed by atoms with Gasteiger partial charge in [0.2, 0.25) is 5.91 Å². The van der Waals surface area contributed by atoms with Crippen LogP contribution < -0.4 is 19.5 Å². The quantitative estimate of drug-likeness (QED) is 0.547. The first kappa shape index (κ1) is 21.2. The zero-order valence-electron chi connectivity index (χ0n) is 16.6. The first-order valence-corrected chi connectivity index (χ1v) is 10.8. The molecule has 0 aliphatic heterocycles. The maximum absolute atomic E-state index is 13.0. The summed E-state index contributed by atoms with van der Waals surface area (Å²) in [7, 11) is -3.95. The Balaban J connectivity index is 1.91. The molecule has 0 unspecified atom stereocenters. The highest BCUT2D eigenvalue weighted by Gasteiger charge is 2.19. The highest BCUT2D eigenvalue weighted by atomic mass is 32.2. The zero-order chi connectivity index (χ0) is 21.6. The summed E-state index contributed by atoms with van der Waals surface area (Å²) in [5.41, 5.74) is 0.567. The van der Waals surface area contributed by atoms with Gasteiger partial charge in [0.1, 0.15) is 11.5 Å². The van der Waals surface area contributed by atoms with Crippen LogP contribution in [-0.4, -0.2) is 20.9 Å². The summed E-state index contributed by atoms with van der Waals surface area (Å²) in [5, 5.41) is 2.60. The summed E-state index contributed by atoms with van der Waals surface area (Å²) in [6, 6.07) is 20.1. The number of sulfonamides is 1. The monoisotopic (exact) mass is 426 g/mol. The van der Waals surface area contributed by atoms with Gasteiger partial charge in [0.05, 0.1) is 22.9 Å². The van der Waals surface area contributed by atoms with E-state index in [-0.39, 0.29) is 22.2 Å². The molecule has 2 N–H and O–H groups in total. The third kappa shape index (κ3) is 5.30. The number of benzene rings is 3. The Morgan fingerprint density at radius 2 is 1.60 bits per heavy atom. The Morgan fingerprint density at radius 3 is 2.30 bits per heavy atom. The van der Waals surface area contributed by atoms with Gasteiger partial charge in [-0.25, -0.2) is 8.42 Å². The van der Waals surface area contributed by atoms with Crippen molar-refractivity contribution in [2.24, 2.45) is 0 Å². The molecule has 0 aliphatic carbocycles. The van der Waals surface area contributed by atoms with Crippen LogP contribution >= 0.6 is 0 Å². The summed E-state index contributed by atoms with van der Waals surface area (Å²) in [5.74, 6) is 0.998. The van der Waals surface area contributed by atoms with Gasteiger partial charge in [-0.15, -0.1) is 0 Å². The molecule has 1 amide bonds. The molecule has 3 aromatic carbocycles. The van der Waals surface area contributed by atoms with Crippen molar-refractivity contribution < 1.29 is 22.7 Å². The summed E-state index contributed by atoms with van der Waals surface area (Å²) < 4.78 is 39.8. The van der Waals surface area contributed by atoms with Crippen molar-refractivity contribution in [2.75, 3.05) is 16.6 Å². The predicted octanol–water partition coefficient (Wildman–Crippen LogP) is 4.64. The van der Waals surface area contributed by atoms with Gasteiger partial charge in [0.15, 0.2) is 5.75 Å². The van der Waals surface area contributed by atoms with Crippen molar-refractivity contribution in [3.63, 3.8) is 0 Å². The number of carbonyl (C=O) groups is 1. The lowest BCUT2D eigenvalue weighted by atomic mass is 10.3. The van der Waals surface area contributed by atoms with Gasteiger partial charge in [-0.2, -0.15) is 0 Å². The van der Waals surface area contributed by atoms with Crippen molar-refractivity contribution in [3.8, 4) is 17.2 Å². The molecule has 0 heterocycles. The number of rotatable bonds is 8. The predicted molar refractivity (Wildman–Crippen MR) is 116 cm³/mol. The number of anilines is 2. The number of ether oxygens (including phenoxy) is 2. The van der Waals surface area contributed by atoms with Crippen molar-refractivity contribution in [2.45, 2.75) is 18.7 Å². The van der Waals surface area contributed by atoms with E-state index in [0.29, 0.717) is 23.9 Å². The summed E-state index contributed by atoms with van der Waals surface area (Å²) in [6.07, 6.45) is 0. The number of carbonyl (C=O) groups excluding carboxylic acids is 1. The summed E-state index contributed by atoms with van der Waals surface area (Å²) in [4.78, 5) is 11.5. The maximum atomic E-state index is 13.0. The lowest BCUT2D eigenvalue weighted by molar-refractivity contribution is -0.114. The van der Waals surface area contributed by atoms with Gasteiger partial charge >= 0.3 is 0 Å². The van der Waals surface area contributed by atoms with Crippen LogP contribution in [0.4, 0.5) is 11.4 Å². The Hall–Kier alpha value is -3.52. The van der Waals surface area contributed by atoms with Gasteiger partial charge in [0, 0.05) is 6.92 Å². The molecule has 3 aromatic rings. The lowest BCUT2D eigenvalue weighted by Gasteiger charge is -2.15. The highest BCUT2D eigenvalue weighted by molar-refractivity contribution is 7.92. The summed E-state index contributed by atoms with van der Waals surface area (Å²) >= 11 is 0. The molecule has 0 aliphatic rings. The minimum absolute atomic E-state index is 0.0239. The molecular weight excluding hydrogens is 404 g/mol. The Morgan fingerprint density at radius 1 is 0.900 bits per heavy atom. The molecular formula is C22H22N2O5S. The van der Waals surface area contributed by atoms with Crippen molar-refractivity contribution in [3.05, 3.63) is 72.8 Å². The molecule has 3 rings (SSSR count). The van der Waals surface area contributed by atoms with Crippen LogP contribution in [0.3, 0.4) is 0 Å². The fraction of sp³-hybridized carbons (Fsp3) is 0.136. The van der Waals surface area contributed by atoms with Crippen LogP contribution in [0.2, 0.25) is 0 Å². The van der Waals surface area contributed by atoms with E-state index in [0.717, 1.165) is 0 Å². The van der Waals surface area contributed by atoms with E-state index < -0.39 is 10.0 Å². The smallest absolute Gasteiger partial charge is 0.262 e. The molecule has 0 spiro atoms. The second-order valence-electron chi connectivity index (χ2n) is 6.29. The standard InChI is InChI=1S/C22H22N2O5S/c1-3-28-21-14-13-18(15-20(21)23-16(2)25)30(26,27)24-19-11-7-8-12-22(19)29-17-9-5-4-6-10-17/h4-15,24H,3H2,1-2H3,(H,23,25). The van der Waals surface area contributed by atoms with Crippen LogP contribution in [0.15, 0.2) is 77.7 Å². The highest BCUT2D eigenvalue weighted by Crippen LogP contribution is 2.33. The van der Waals surface area contributed by atoms with E-state index in [9.17, 15) is 13.2 Å². The normalized spacial score (nSPS) is 10.9. The van der Waals surface area contributed by atoms with Crippen molar-refractivity contribution in [1.82, 2.24) is 0 Å². The molecule has 0 radical (unpaired) electrons. The molecule has 0 aromatic heterocycles. The SMILES string of the molecule is CCOc1ccc(S(=O)(=O)Nc2ccccc2Oc2ccccc2)cc1NC(C)=O. The molecule has 8 heteroatoms. The first-order valence-electron chi connectivity index (χ1n) is 9.28. The van der Waals surface area contributed by atoms with E-state index in [4.69, 9.17) is 9.47 Å². The van der Waals surface area contributed by atoms with Gasteiger partial charge < -0.3 is 14.8 Å². The van der Waals surface area contributed by atoms with E-state index >= 15 is 0 Å². The second kappa shape index (κ2) is 9.32. The summed E-state index contributed by atoms with van der Waals surface area (Å²) in [6.45, 7) is 3.51. The number of para-hydroxylation sites is 3. The zero-order valence-corrected chi connectivity index (χ0v) is 17.4. The molecule has 0 fully saturated rings. The number of nitrogens with one attached hydrogen (secondary N) is 2. The third-order valence-corrected chi connectivity index (χ3v) is 5.34. The van der Waals surface area contributed by atoms with Crippen LogP contribution in [0.5, 0.6) is 17.2 Å². The third-order valence-electron chi connectivity index (χ3n) is 3.97. The number of amides is 1. The molecule has 0 bridgehead atoms. The second-order valence-corrected chi connectivity index (χ2v) is 7.97. The van der Waals surface area contributed by atoms with Crippen LogP contribution in [-0.2, 0) is 14.8 Å². The van der Waals surface area contributed by atoms with E-state index in [1.165, 1.54) is 25.1 Å². The fourth-order valence-electron chi connectivity index (χ4n) is 2.70. The van der Waals surface area contributed by atoms with Gasteiger partial charge in [-0.05, 0) is 49.4 Å². The Bertz CT molecular complexity index is 1130. The van der Waals surface area contributed by atoms with Crippen LogP contribution in [0, 0.1) is 0 Å². The molecule has 0 atom stereocenters. The Labute approximate surface area is 175 Å². The minimum Gasteiger partial charge on any atom is -0.492 e. The average Bonchev–Trinajstić information content (AvgIpc) is 2.71. The fourth-order valence-corrected chi connectivity index (χ4v) is 3.80. The Kier molecular flexibility index (Phi) is 6.58. The van der Waals surface area contributed by atoms with Gasteiger partial charge in [-0.1, -0.05) is 30.3 Å². The van der Waals surface area contributed by atoms with E-state index in [2.05, 4.69) is 10.0 Å². The maximum Gasteiger partial charge on any atom is 0.262 e. The molecule has 7 nitrogen and oxygen atoms in total. The largest absolute Gasteiger partial charge is 0.492 e. The molecule has 0 saturated heterocycles. The van der Waals surface area contributed by atoms with Crippen LogP contribution in [0.25, 0.3) is 0 Å². The average molecular weight is 426 g/mol. The van der Waals surface area contributed by atoms with Crippen molar-refractivity contribution >= 4 is 27.3 Å². The number of hydrogen-bond donors (Lipinski definition) is 2.